The fourth-order valence-electron chi connectivity index (χ4n) is 2.66. The molecule has 0 saturated carbocycles. The first-order valence-electron chi connectivity index (χ1n) is 7.69. The van der Waals surface area contributed by atoms with Crippen molar-refractivity contribution in [1.29, 1.82) is 0 Å². The Bertz CT molecular complexity index is 625. The van der Waals surface area contributed by atoms with Gasteiger partial charge in [0, 0.05) is 24.3 Å². The molecule has 2 aromatic rings. The van der Waals surface area contributed by atoms with E-state index in [1.807, 2.05) is 31.2 Å². The number of aliphatic hydroxyl groups excluding tert-OH is 1. The zero-order valence-corrected chi connectivity index (χ0v) is 13.8. The highest BCUT2D eigenvalue weighted by atomic mass is 16.5. The van der Waals surface area contributed by atoms with Crippen LogP contribution in [0.4, 0.5) is 5.69 Å². The van der Waals surface area contributed by atoms with E-state index in [0.29, 0.717) is 6.54 Å². The maximum atomic E-state index is 10.7. The van der Waals surface area contributed by atoms with Gasteiger partial charge in [-0.15, -0.1) is 0 Å². The number of aliphatic hydroxyl groups is 1. The van der Waals surface area contributed by atoms with Gasteiger partial charge in [-0.25, -0.2) is 0 Å². The van der Waals surface area contributed by atoms with Crippen molar-refractivity contribution in [3.8, 4) is 5.75 Å². The number of hydrogen-bond acceptors (Lipinski definition) is 3. The van der Waals surface area contributed by atoms with E-state index in [1.54, 1.807) is 7.11 Å². The predicted molar refractivity (Wildman–Crippen MR) is 91.8 cm³/mol. The van der Waals surface area contributed by atoms with Gasteiger partial charge in [-0.05, 0) is 50.6 Å². The molecule has 1 N–H and O–H groups in total. The molecule has 1 unspecified atom stereocenters. The Labute approximate surface area is 133 Å². The Balaban J connectivity index is 2.22. The summed E-state index contributed by atoms with van der Waals surface area (Å²) in [6.45, 7) is 7.59. The van der Waals surface area contributed by atoms with Gasteiger partial charge in [-0.1, -0.05) is 23.8 Å². The zero-order valence-electron chi connectivity index (χ0n) is 13.8. The number of benzene rings is 2. The lowest BCUT2D eigenvalue weighted by Gasteiger charge is -2.27. The van der Waals surface area contributed by atoms with Crippen molar-refractivity contribution in [3.63, 3.8) is 0 Å². The van der Waals surface area contributed by atoms with E-state index in [9.17, 15) is 5.11 Å². The molecule has 3 heteroatoms. The number of anilines is 1. The minimum Gasteiger partial charge on any atom is -0.496 e. The first-order valence-corrected chi connectivity index (χ1v) is 7.69. The van der Waals surface area contributed by atoms with Crippen molar-refractivity contribution >= 4 is 5.69 Å². The summed E-state index contributed by atoms with van der Waals surface area (Å²) in [5, 5.41) is 10.7. The minimum absolute atomic E-state index is 0.541. The van der Waals surface area contributed by atoms with Crippen molar-refractivity contribution in [2.24, 2.45) is 0 Å². The molecule has 0 heterocycles. The third-order valence-electron chi connectivity index (χ3n) is 3.89. The monoisotopic (exact) mass is 299 g/mol. The van der Waals surface area contributed by atoms with Gasteiger partial charge in [0.25, 0.3) is 0 Å². The van der Waals surface area contributed by atoms with Gasteiger partial charge >= 0.3 is 0 Å². The summed E-state index contributed by atoms with van der Waals surface area (Å²) in [5.41, 5.74) is 4.31. The van der Waals surface area contributed by atoms with Crippen LogP contribution in [0.1, 0.15) is 29.7 Å². The second-order valence-electron chi connectivity index (χ2n) is 5.64. The molecular formula is C19H25NO2. The SMILES string of the molecule is CCN(CC(O)c1cc(C)ccc1OC)c1cccc(C)c1. The molecule has 0 spiro atoms. The van der Waals surface area contributed by atoms with Crippen LogP contribution in [0.15, 0.2) is 42.5 Å². The van der Waals surface area contributed by atoms with E-state index >= 15 is 0 Å². The molecule has 0 aromatic heterocycles. The van der Waals surface area contributed by atoms with Crippen molar-refractivity contribution in [2.75, 3.05) is 25.1 Å². The number of ether oxygens (including phenoxy) is 1. The Morgan fingerprint density at radius 3 is 2.45 bits per heavy atom. The molecule has 0 radical (unpaired) electrons. The third kappa shape index (κ3) is 3.80. The number of methoxy groups -OCH3 is 1. The molecule has 0 aliphatic heterocycles. The Morgan fingerprint density at radius 2 is 1.82 bits per heavy atom. The van der Waals surface area contributed by atoms with Crippen molar-refractivity contribution < 1.29 is 9.84 Å². The maximum Gasteiger partial charge on any atom is 0.124 e. The number of nitrogens with zero attached hydrogens (tertiary/aromatic N) is 1. The van der Waals surface area contributed by atoms with Crippen LogP contribution in [-0.4, -0.2) is 25.3 Å². The Hall–Kier alpha value is -2.00. The fraction of sp³-hybridized carbons (Fsp3) is 0.368. The number of likely N-dealkylation sites (N-methyl/N-ethyl adjacent to an activating group) is 1. The molecule has 0 saturated heterocycles. The molecule has 118 valence electrons. The standard InChI is InChI=1S/C19H25NO2/c1-5-20(16-8-6-7-14(2)11-16)13-18(21)17-12-15(3)9-10-19(17)22-4/h6-12,18,21H,5,13H2,1-4H3. The maximum absolute atomic E-state index is 10.7. The van der Waals surface area contributed by atoms with Crippen molar-refractivity contribution in [2.45, 2.75) is 26.9 Å². The van der Waals surface area contributed by atoms with Crippen LogP contribution in [0.5, 0.6) is 5.75 Å². The Kier molecular flexibility index (Phi) is 5.45. The zero-order chi connectivity index (χ0) is 16.1. The largest absolute Gasteiger partial charge is 0.496 e. The van der Waals surface area contributed by atoms with Crippen LogP contribution in [0.25, 0.3) is 0 Å². The highest BCUT2D eigenvalue weighted by molar-refractivity contribution is 5.49. The Morgan fingerprint density at radius 1 is 1.09 bits per heavy atom. The van der Waals surface area contributed by atoms with Gasteiger partial charge in [-0.2, -0.15) is 0 Å². The summed E-state index contributed by atoms with van der Waals surface area (Å²) < 4.78 is 5.38. The van der Waals surface area contributed by atoms with Gasteiger partial charge in [0.05, 0.1) is 7.11 Å². The molecule has 2 rings (SSSR count). The van der Waals surface area contributed by atoms with Gasteiger partial charge in [-0.3, -0.25) is 0 Å². The van der Waals surface area contributed by atoms with Gasteiger partial charge in [0.15, 0.2) is 0 Å². The van der Waals surface area contributed by atoms with E-state index in [1.165, 1.54) is 5.56 Å². The van der Waals surface area contributed by atoms with Crippen LogP contribution < -0.4 is 9.64 Å². The predicted octanol–water partition coefficient (Wildman–Crippen LogP) is 3.87. The summed E-state index contributed by atoms with van der Waals surface area (Å²) in [6, 6.07) is 14.3. The average Bonchev–Trinajstić information content (AvgIpc) is 2.52. The highest BCUT2D eigenvalue weighted by Crippen LogP contribution is 2.28. The lowest BCUT2D eigenvalue weighted by Crippen LogP contribution is -2.28. The quantitative estimate of drug-likeness (QED) is 0.879. The molecule has 0 bridgehead atoms. The summed E-state index contributed by atoms with van der Waals surface area (Å²) in [5.74, 6) is 0.735. The fourth-order valence-corrected chi connectivity index (χ4v) is 2.66. The van der Waals surface area contributed by atoms with E-state index in [0.717, 1.165) is 29.1 Å². The van der Waals surface area contributed by atoms with E-state index in [-0.39, 0.29) is 0 Å². The van der Waals surface area contributed by atoms with Gasteiger partial charge in [0.1, 0.15) is 11.9 Å². The molecule has 0 fully saturated rings. The van der Waals surface area contributed by atoms with Crippen LogP contribution in [0.3, 0.4) is 0 Å². The minimum atomic E-state index is -0.588. The van der Waals surface area contributed by atoms with E-state index in [2.05, 4.69) is 36.9 Å². The lowest BCUT2D eigenvalue weighted by molar-refractivity contribution is 0.179. The van der Waals surface area contributed by atoms with Crippen LogP contribution in [0.2, 0.25) is 0 Å². The average molecular weight is 299 g/mol. The molecule has 3 nitrogen and oxygen atoms in total. The number of aryl methyl sites for hydroxylation is 2. The molecule has 0 aliphatic rings. The smallest absolute Gasteiger partial charge is 0.124 e. The van der Waals surface area contributed by atoms with Crippen LogP contribution in [-0.2, 0) is 0 Å². The first-order chi connectivity index (χ1) is 10.5. The van der Waals surface area contributed by atoms with Crippen LogP contribution in [0, 0.1) is 13.8 Å². The first kappa shape index (κ1) is 16.4. The normalized spacial score (nSPS) is 12.0. The summed E-state index contributed by atoms with van der Waals surface area (Å²) in [4.78, 5) is 2.18. The second kappa shape index (κ2) is 7.32. The van der Waals surface area contributed by atoms with E-state index in [4.69, 9.17) is 4.74 Å². The number of rotatable bonds is 6. The van der Waals surface area contributed by atoms with Crippen LogP contribution >= 0.6 is 0 Å². The summed E-state index contributed by atoms with van der Waals surface area (Å²) in [7, 11) is 1.64. The third-order valence-corrected chi connectivity index (χ3v) is 3.89. The lowest BCUT2D eigenvalue weighted by atomic mass is 10.0. The molecular weight excluding hydrogens is 274 g/mol. The van der Waals surface area contributed by atoms with Crippen molar-refractivity contribution in [1.82, 2.24) is 0 Å². The summed E-state index contributed by atoms with van der Waals surface area (Å²) >= 11 is 0. The number of hydrogen-bond donors (Lipinski definition) is 1. The molecule has 1 atom stereocenters. The van der Waals surface area contributed by atoms with Gasteiger partial charge < -0.3 is 14.7 Å². The molecule has 2 aromatic carbocycles. The molecule has 22 heavy (non-hydrogen) atoms. The van der Waals surface area contributed by atoms with Crippen molar-refractivity contribution in [3.05, 3.63) is 59.2 Å². The topological polar surface area (TPSA) is 32.7 Å². The van der Waals surface area contributed by atoms with E-state index < -0.39 is 6.10 Å². The van der Waals surface area contributed by atoms with Gasteiger partial charge in [0.2, 0.25) is 0 Å². The highest BCUT2D eigenvalue weighted by Gasteiger charge is 2.17. The summed E-state index contributed by atoms with van der Waals surface area (Å²) in [6.07, 6.45) is -0.588. The second-order valence-corrected chi connectivity index (χ2v) is 5.64. The molecule has 0 amide bonds. The molecule has 0 aliphatic carbocycles.